The van der Waals surface area contributed by atoms with Gasteiger partial charge in [-0.05, 0) is 24.6 Å². The summed E-state index contributed by atoms with van der Waals surface area (Å²) in [4.78, 5) is 25.5. The average molecular weight is 248 g/mol. The molecule has 0 atom stereocenters. The predicted molar refractivity (Wildman–Crippen MR) is 71.0 cm³/mol. The molecule has 0 N–H and O–H groups in total. The van der Waals surface area contributed by atoms with Gasteiger partial charge in [0, 0.05) is 31.7 Å². The Hall–Kier alpha value is -1.42. The van der Waals surface area contributed by atoms with E-state index in [0.717, 1.165) is 43.7 Å². The summed E-state index contributed by atoms with van der Waals surface area (Å²) in [5.74, 6) is 0. The standard InChI is InChI=1S/C14H20N2O2/c1-3-6-16-13-5-7-15(4-2)9-11(13)8-12(10-17)14(16)18/h8,10H,3-7,9H2,1-2H3. The molecule has 98 valence electrons. The van der Waals surface area contributed by atoms with Crippen LogP contribution in [-0.2, 0) is 19.5 Å². The molecule has 4 heteroatoms. The van der Waals surface area contributed by atoms with Crippen LogP contribution in [0.4, 0.5) is 0 Å². The minimum absolute atomic E-state index is 0.129. The molecule has 0 radical (unpaired) electrons. The van der Waals surface area contributed by atoms with E-state index >= 15 is 0 Å². The number of hydrogen-bond acceptors (Lipinski definition) is 3. The predicted octanol–water partition coefficient (Wildman–Crippen LogP) is 1.45. The fourth-order valence-corrected chi connectivity index (χ4v) is 2.62. The van der Waals surface area contributed by atoms with Crippen molar-refractivity contribution in [2.75, 3.05) is 13.1 Å². The monoisotopic (exact) mass is 248 g/mol. The summed E-state index contributed by atoms with van der Waals surface area (Å²) >= 11 is 0. The summed E-state index contributed by atoms with van der Waals surface area (Å²) in [5.41, 5.74) is 2.42. The minimum Gasteiger partial charge on any atom is -0.312 e. The molecule has 1 aromatic heterocycles. The smallest absolute Gasteiger partial charge is 0.261 e. The van der Waals surface area contributed by atoms with Gasteiger partial charge in [0.05, 0.1) is 5.56 Å². The van der Waals surface area contributed by atoms with Crippen LogP contribution in [0.3, 0.4) is 0 Å². The molecule has 0 fully saturated rings. The summed E-state index contributed by atoms with van der Waals surface area (Å²) in [6.07, 6.45) is 2.49. The zero-order valence-corrected chi connectivity index (χ0v) is 11.1. The van der Waals surface area contributed by atoms with Gasteiger partial charge >= 0.3 is 0 Å². The maximum Gasteiger partial charge on any atom is 0.261 e. The molecule has 0 bridgehead atoms. The highest BCUT2D eigenvalue weighted by molar-refractivity contribution is 5.74. The minimum atomic E-state index is -0.129. The average Bonchev–Trinajstić information content (AvgIpc) is 2.41. The Labute approximate surface area is 107 Å². The van der Waals surface area contributed by atoms with Crippen molar-refractivity contribution in [2.45, 2.75) is 39.8 Å². The van der Waals surface area contributed by atoms with Crippen molar-refractivity contribution in [3.8, 4) is 0 Å². The lowest BCUT2D eigenvalue weighted by atomic mass is 10.0. The van der Waals surface area contributed by atoms with Gasteiger partial charge in [-0.25, -0.2) is 0 Å². The van der Waals surface area contributed by atoms with Crippen molar-refractivity contribution in [1.29, 1.82) is 0 Å². The second kappa shape index (κ2) is 5.48. The summed E-state index contributed by atoms with van der Waals surface area (Å²) in [6.45, 7) is 7.72. The van der Waals surface area contributed by atoms with Crippen LogP contribution in [0.15, 0.2) is 10.9 Å². The van der Waals surface area contributed by atoms with Gasteiger partial charge in [-0.2, -0.15) is 0 Å². The van der Waals surface area contributed by atoms with Crippen LogP contribution in [0.25, 0.3) is 0 Å². The third-order valence-corrected chi connectivity index (χ3v) is 3.60. The molecule has 4 nitrogen and oxygen atoms in total. The fourth-order valence-electron chi connectivity index (χ4n) is 2.62. The molecule has 18 heavy (non-hydrogen) atoms. The molecular formula is C14H20N2O2. The SMILES string of the molecule is CCCn1c2c(cc(C=O)c1=O)CN(CC)CC2. The lowest BCUT2D eigenvalue weighted by Gasteiger charge is -2.29. The van der Waals surface area contributed by atoms with E-state index in [2.05, 4.69) is 11.8 Å². The number of nitrogens with zero attached hydrogens (tertiary/aromatic N) is 2. The summed E-state index contributed by atoms with van der Waals surface area (Å²) in [5, 5.41) is 0. The number of carbonyl (C=O) groups excluding carboxylic acids is 1. The Balaban J connectivity index is 2.52. The second-order valence-corrected chi connectivity index (χ2v) is 4.77. The van der Waals surface area contributed by atoms with E-state index in [9.17, 15) is 9.59 Å². The molecule has 0 saturated carbocycles. The Morgan fingerprint density at radius 2 is 2.17 bits per heavy atom. The Kier molecular flexibility index (Phi) is 3.97. The second-order valence-electron chi connectivity index (χ2n) is 4.77. The van der Waals surface area contributed by atoms with Gasteiger partial charge in [-0.1, -0.05) is 13.8 Å². The number of rotatable bonds is 4. The fraction of sp³-hybridized carbons (Fsp3) is 0.571. The van der Waals surface area contributed by atoms with Gasteiger partial charge < -0.3 is 4.57 Å². The van der Waals surface area contributed by atoms with E-state index in [4.69, 9.17) is 0 Å². The van der Waals surface area contributed by atoms with Crippen LogP contribution in [0.2, 0.25) is 0 Å². The van der Waals surface area contributed by atoms with E-state index in [1.54, 1.807) is 10.6 Å². The Bertz CT molecular complexity index is 505. The summed E-state index contributed by atoms with van der Waals surface area (Å²) in [7, 11) is 0. The molecule has 0 saturated heterocycles. The summed E-state index contributed by atoms with van der Waals surface area (Å²) in [6, 6.07) is 1.78. The van der Waals surface area contributed by atoms with Crippen molar-refractivity contribution in [3.63, 3.8) is 0 Å². The highest BCUT2D eigenvalue weighted by Gasteiger charge is 2.20. The summed E-state index contributed by atoms with van der Waals surface area (Å²) < 4.78 is 1.80. The third kappa shape index (κ3) is 2.25. The highest BCUT2D eigenvalue weighted by Crippen LogP contribution is 2.18. The van der Waals surface area contributed by atoms with Gasteiger partial charge in [0.2, 0.25) is 0 Å². The first-order valence-electron chi connectivity index (χ1n) is 6.64. The van der Waals surface area contributed by atoms with Crippen molar-refractivity contribution in [1.82, 2.24) is 9.47 Å². The molecule has 1 aliphatic heterocycles. The molecule has 0 amide bonds. The first-order chi connectivity index (χ1) is 8.71. The zero-order valence-electron chi connectivity index (χ0n) is 11.1. The Morgan fingerprint density at radius 1 is 1.39 bits per heavy atom. The highest BCUT2D eigenvalue weighted by atomic mass is 16.1. The van der Waals surface area contributed by atoms with Crippen LogP contribution in [0.5, 0.6) is 0 Å². The number of fused-ring (bicyclic) bond motifs is 1. The number of aromatic nitrogens is 1. The van der Waals surface area contributed by atoms with Crippen LogP contribution in [0.1, 0.15) is 41.9 Å². The van der Waals surface area contributed by atoms with Gasteiger partial charge in [0.25, 0.3) is 5.56 Å². The topological polar surface area (TPSA) is 42.3 Å². The van der Waals surface area contributed by atoms with Crippen LogP contribution in [-0.4, -0.2) is 28.8 Å². The number of hydrogen-bond donors (Lipinski definition) is 0. The van der Waals surface area contributed by atoms with E-state index < -0.39 is 0 Å². The van der Waals surface area contributed by atoms with Crippen molar-refractivity contribution in [2.24, 2.45) is 0 Å². The molecule has 0 unspecified atom stereocenters. The normalized spacial score (nSPS) is 15.4. The first-order valence-corrected chi connectivity index (χ1v) is 6.64. The molecule has 1 aliphatic rings. The van der Waals surface area contributed by atoms with Gasteiger partial charge in [-0.15, -0.1) is 0 Å². The van der Waals surface area contributed by atoms with Gasteiger partial charge in [0.1, 0.15) is 0 Å². The van der Waals surface area contributed by atoms with E-state index in [0.29, 0.717) is 18.4 Å². The number of pyridine rings is 1. The van der Waals surface area contributed by atoms with Gasteiger partial charge in [0.15, 0.2) is 6.29 Å². The maximum atomic E-state index is 12.1. The van der Waals surface area contributed by atoms with Crippen LogP contribution >= 0.6 is 0 Å². The van der Waals surface area contributed by atoms with Crippen LogP contribution < -0.4 is 5.56 Å². The Morgan fingerprint density at radius 3 is 2.78 bits per heavy atom. The van der Waals surface area contributed by atoms with E-state index in [1.165, 1.54) is 0 Å². The molecular weight excluding hydrogens is 228 g/mol. The molecule has 2 rings (SSSR count). The number of likely N-dealkylation sites (N-methyl/N-ethyl adjacent to an activating group) is 1. The first kappa shape index (κ1) is 13.0. The maximum absolute atomic E-state index is 12.1. The molecule has 0 aromatic carbocycles. The van der Waals surface area contributed by atoms with Gasteiger partial charge in [-0.3, -0.25) is 14.5 Å². The molecule has 2 heterocycles. The van der Waals surface area contributed by atoms with E-state index in [-0.39, 0.29) is 5.56 Å². The zero-order chi connectivity index (χ0) is 13.1. The quantitative estimate of drug-likeness (QED) is 0.757. The molecule has 1 aromatic rings. The third-order valence-electron chi connectivity index (χ3n) is 3.60. The lowest BCUT2D eigenvalue weighted by molar-refractivity contribution is 0.112. The number of aldehydes is 1. The molecule has 0 spiro atoms. The molecule has 0 aliphatic carbocycles. The van der Waals surface area contributed by atoms with Crippen molar-refractivity contribution < 1.29 is 4.79 Å². The van der Waals surface area contributed by atoms with Crippen molar-refractivity contribution in [3.05, 3.63) is 33.2 Å². The number of carbonyl (C=O) groups is 1. The van der Waals surface area contributed by atoms with E-state index in [1.807, 2.05) is 6.92 Å². The largest absolute Gasteiger partial charge is 0.312 e. The lowest BCUT2D eigenvalue weighted by Crippen LogP contribution is -2.36. The van der Waals surface area contributed by atoms with Crippen LogP contribution in [0, 0.1) is 0 Å². The van der Waals surface area contributed by atoms with Crippen molar-refractivity contribution >= 4 is 6.29 Å².